The molecule has 0 aliphatic rings. The molecular formula is C22H15N3O3S. The van der Waals surface area contributed by atoms with Gasteiger partial charge in [0, 0.05) is 10.9 Å². The van der Waals surface area contributed by atoms with Gasteiger partial charge in [0.15, 0.2) is 10.9 Å². The molecule has 2 heterocycles. The minimum Gasteiger partial charge on any atom is -0.484 e. The summed E-state index contributed by atoms with van der Waals surface area (Å²) >= 11 is 1.35. The number of rotatable bonds is 6. The molecule has 142 valence electrons. The summed E-state index contributed by atoms with van der Waals surface area (Å²) in [6.07, 6.45) is 0. The molecule has 0 spiro atoms. The number of benzene rings is 2. The maximum Gasteiger partial charge on any atom is 0.293 e. The number of hydrogen-bond acceptors (Lipinski definition) is 6. The van der Waals surface area contributed by atoms with Gasteiger partial charge in [-0.1, -0.05) is 42.5 Å². The molecule has 2 aromatic heterocycles. The van der Waals surface area contributed by atoms with Crippen molar-refractivity contribution in [3.8, 4) is 23.1 Å². The first-order chi connectivity index (χ1) is 14.2. The van der Waals surface area contributed by atoms with E-state index in [-0.39, 0.29) is 18.3 Å². The number of ether oxygens (including phenoxy) is 1. The van der Waals surface area contributed by atoms with Crippen LogP contribution in [0, 0.1) is 11.3 Å². The molecule has 0 saturated heterocycles. The molecule has 0 atom stereocenters. The Morgan fingerprint density at radius 3 is 2.72 bits per heavy atom. The maximum absolute atomic E-state index is 12.4. The second kappa shape index (κ2) is 8.42. The van der Waals surface area contributed by atoms with E-state index in [1.165, 1.54) is 11.3 Å². The van der Waals surface area contributed by atoms with Crippen molar-refractivity contribution in [1.29, 1.82) is 5.26 Å². The molecule has 2 aromatic carbocycles. The van der Waals surface area contributed by atoms with E-state index in [0.29, 0.717) is 22.2 Å². The predicted octanol–water partition coefficient (Wildman–Crippen LogP) is 5.11. The van der Waals surface area contributed by atoms with Crippen LogP contribution in [0.25, 0.3) is 11.3 Å². The number of hydrogen-bond donors (Lipinski definition) is 1. The Kier molecular flexibility index (Phi) is 5.36. The highest BCUT2D eigenvalue weighted by Crippen LogP contribution is 2.25. The van der Waals surface area contributed by atoms with Crippen molar-refractivity contribution in [2.75, 3.05) is 5.32 Å². The van der Waals surface area contributed by atoms with Crippen LogP contribution in [0.5, 0.6) is 5.75 Å². The fraction of sp³-hybridized carbons (Fsp3) is 0.0455. The lowest BCUT2D eigenvalue weighted by molar-refractivity contribution is 0.0992. The van der Waals surface area contributed by atoms with Crippen LogP contribution in [0.2, 0.25) is 0 Å². The first kappa shape index (κ1) is 18.5. The summed E-state index contributed by atoms with van der Waals surface area (Å²) in [6, 6.07) is 22.0. The van der Waals surface area contributed by atoms with Crippen LogP contribution in [0.1, 0.15) is 21.9 Å². The molecule has 7 heteroatoms. The van der Waals surface area contributed by atoms with Crippen LogP contribution in [-0.2, 0) is 6.61 Å². The number of thiazole rings is 1. The third kappa shape index (κ3) is 4.34. The van der Waals surface area contributed by atoms with Crippen LogP contribution in [-0.4, -0.2) is 10.9 Å². The van der Waals surface area contributed by atoms with Gasteiger partial charge in [-0.25, -0.2) is 4.98 Å². The normalized spacial score (nSPS) is 10.3. The monoisotopic (exact) mass is 401 g/mol. The smallest absolute Gasteiger partial charge is 0.293 e. The fourth-order valence-corrected chi connectivity index (χ4v) is 3.36. The lowest BCUT2D eigenvalue weighted by Gasteiger charge is -2.05. The molecule has 0 radical (unpaired) electrons. The molecular weight excluding hydrogens is 386 g/mol. The van der Waals surface area contributed by atoms with E-state index in [1.54, 1.807) is 36.4 Å². The van der Waals surface area contributed by atoms with E-state index < -0.39 is 0 Å². The van der Waals surface area contributed by atoms with E-state index in [1.807, 2.05) is 35.7 Å². The first-order valence-electron chi connectivity index (χ1n) is 8.76. The van der Waals surface area contributed by atoms with Gasteiger partial charge in [0.05, 0.1) is 11.3 Å². The summed E-state index contributed by atoms with van der Waals surface area (Å²) < 4.78 is 11.2. The molecule has 4 aromatic rings. The molecule has 0 aliphatic heterocycles. The van der Waals surface area contributed by atoms with Crippen LogP contribution in [0.15, 0.2) is 76.5 Å². The topological polar surface area (TPSA) is 88.1 Å². The number of nitriles is 1. The van der Waals surface area contributed by atoms with E-state index in [9.17, 15) is 4.79 Å². The molecule has 1 N–H and O–H groups in total. The number of nitrogens with zero attached hydrogens (tertiary/aromatic N) is 2. The summed E-state index contributed by atoms with van der Waals surface area (Å²) in [6.45, 7) is 0.112. The summed E-state index contributed by atoms with van der Waals surface area (Å²) in [5.74, 6) is 0.719. The molecule has 0 saturated carbocycles. The molecule has 29 heavy (non-hydrogen) atoms. The molecule has 0 bridgehead atoms. The number of carbonyl (C=O) groups is 1. The van der Waals surface area contributed by atoms with Gasteiger partial charge in [-0.15, -0.1) is 11.3 Å². The van der Waals surface area contributed by atoms with Crippen LogP contribution >= 0.6 is 11.3 Å². The van der Waals surface area contributed by atoms with Gasteiger partial charge in [0.1, 0.15) is 24.2 Å². The largest absolute Gasteiger partial charge is 0.484 e. The molecule has 0 aliphatic carbocycles. The van der Waals surface area contributed by atoms with Gasteiger partial charge < -0.3 is 9.15 Å². The number of para-hydroxylation sites is 1. The minimum absolute atomic E-state index is 0.112. The van der Waals surface area contributed by atoms with Crippen LogP contribution < -0.4 is 10.1 Å². The van der Waals surface area contributed by atoms with Crippen molar-refractivity contribution in [3.05, 3.63) is 89.2 Å². The predicted molar refractivity (Wildman–Crippen MR) is 110 cm³/mol. The van der Waals surface area contributed by atoms with Crippen molar-refractivity contribution < 1.29 is 13.9 Å². The van der Waals surface area contributed by atoms with E-state index >= 15 is 0 Å². The number of amides is 1. The van der Waals surface area contributed by atoms with Crippen molar-refractivity contribution in [2.24, 2.45) is 0 Å². The first-order valence-corrected chi connectivity index (χ1v) is 9.64. The Bertz CT molecular complexity index is 1180. The van der Waals surface area contributed by atoms with Gasteiger partial charge in [-0.3, -0.25) is 10.1 Å². The number of nitrogens with one attached hydrogen (secondary N) is 1. The third-order valence-electron chi connectivity index (χ3n) is 4.06. The van der Waals surface area contributed by atoms with Gasteiger partial charge in [-0.2, -0.15) is 5.26 Å². The lowest BCUT2D eigenvalue weighted by Crippen LogP contribution is -2.10. The van der Waals surface area contributed by atoms with Crippen molar-refractivity contribution in [2.45, 2.75) is 6.61 Å². The number of aromatic nitrogens is 1. The third-order valence-corrected chi connectivity index (χ3v) is 4.81. The number of carbonyl (C=O) groups excluding carboxylic acids is 1. The highest BCUT2D eigenvalue weighted by Gasteiger charge is 2.14. The Morgan fingerprint density at radius 2 is 1.90 bits per heavy atom. The molecule has 4 rings (SSSR count). The van der Waals surface area contributed by atoms with Gasteiger partial charge in [0.2, 0.25) is 0 Å². The standard InChI is InChI=1S/C22H15N3O3S/c23-12-16-8-4-5-9-19(16)27-13-17-10-11-20(28-17)21(26)25-22-24-18(14-29-22)15-6-2-1-3-7-15/h1-11,14H,13H2,(H,24,25,26). The zero-order valence-electron chi connectivity index (χ0n) is 15.2. The van der Waals surface area contributed by atoms with Gasteiger partial charge >= 0.3 is 0 Å². The summed E-state index contributed by atoms with van der Waals surface area (Å²) in [5.41, 5.74) is 2.23. The second-order valence-electron chi connectivity index (χ2n) is 6.02. The summed E-state index contributed by atoms with van der Waals surface area (Å²) in [7, 11) is 0. The van der Waals surface area contributed by atoms with E-state index in [0.717, 1.165) is 11.3 Å². The minimum atomic E-state index is -0.386. The Balaban J connectivity index is 1.39. The molecule has 1 amide bonds. The Labute approximate surface area is 171 Å². The number of furan rings is 1. The maximum atomic E-state index is 12.4. The molecule has 6 nitrogen and oxygen atoms in total. The summed E-state index contributed by atoms with van der Waals surface area (Å²) in [4.78, 5) is 16.9. The van der Waals surface area contributed by atoms with Crippen molar-refractivity contribution in [3.63, 3.8) is 0 Å². The Hall–Kier alpha value is -3.89. The zero-order valence-corrected chi connectivity index (χ0v) is 16.0. The highest BCUT2D eigenvalue weighted by atomic mass is 32.1. The average molecular weight is 401 g/mol. The Morgan fingerprint density at radius 1 is 1.10 bits per heavy atom. The number of anilines is 1. The van der Waals surface area contributed by atoms with E-state index in [4.69, 9.17) is 14.4 Å². The lowest BCUT2D eigenvalue weighted by atomic mass is 10.2. The van der Waals surface area contributed by atoms with Crippen LogP contribution in [0.3, 0.4) is 0 Å². The SMILES string of the molecule is N#Cc1ccccc1OCc1ccc(C(=O)Nc2nc(-c3ccccc3)cs2)o1. The average Bonchev–Trinajstić information content (AvgIpc) is 3.43. The van der Waals surface area contributed by atoms with Gasteiger partial charge in [-0.05, 0) is 24.3 Å². The zero-order chi connectivity index (χ0) is 20.1. The molecule has 0 unspecified atom stereocenters. The second-order valence-corrected chi connectivity index (χ2v) is 6.88. The highest BCUT2D eigenvalue weighted by molar-refractivity contribution is 7.14. The van der Waals surface area contributed by atoms with Crippen LogP contribution in [0.4, 0.5) is 5.13 Å². The van der Waals surface area contributed by atoms with Gasteiger partial charge in [0.25, 0.3) is 5.91 Å². The van der Waals surface area contributed by atoms with Crippen molar-refractivity contribution in [1.82, 2.24) is 4.98 Å². The molecule has 0 fully saturated rings. The van der Waals surface area contributed by atoms with E-state index in [2.05, 4.69) is 16.4 Å². The summed E-state index contributed by atoms with van der Waals surface area (Å²) in [5, 5.41) is 14.2. The van der Waals surface area contributed by atoms with Crippen molar-refractivity contribution >= 4 is 22.4 Å². The fourth-order valence-electron chi connectivity index (χ4n) is 2.64. The quantitative estimate of drug-likeness (QED) is 0.485.